The van der Waals surface area contributed by atoms with Gasteiger partial charge in [0.2, 0.25) is 0 Å². The van der Waals surface area contributed by atoms with Gasteiger partial charge in [-0.25, -0.2) is 0 Å². The predicted molar refractivity (Wildman–Crippen MR) is 32.4 cm³/mol. The maximum atomic E-state index is 5.64. The second-order valence-electron chi connectivity index (χ2n) is 1.69. The molecule has 0 amide bonds. The SMILES string of the molecule is Clc1cc2ccc1o2. The van der Waals surface area contributed by atoms with E-state index in [1.165, 1.54) is 0 Å². The minimum atomic E-state index is 0.711. The van der Waals surface area contributed by atoms with Crippen LogP contribution in [0.5, 0.6) is 0 Å². The van der Waals surface area contributed by atoms with E-state index in [4.69, 9.17) is 16.0 Å². The number of fused-ring (bicyclic) bond motifs is 2. The molecule has 2 bridgehead atoms. The Morgan fingerprint density at radius 1 is 1.38 bits per heavy atom. The Balaban J connectivity index is 3.02. The van der Waals surface area contributed by atoms with E-state index in [1.807, 2.05) is 12.1 Å². The molecule has 40 valence electrons. The summed E-state index contributed by atoms with van der Waals surface area (Å²) in [7, 11) is 0. The fraction of sp³-hybridized carbons (Fsp3) is 0. The molecule has 2 aromatic heterocycles. The molecular formula is C6H3ClO. The van der Waals surface area contributed by atoms with Gasteiger partial charge < -0.3 is 4.42 Å². The lowest BCUT2D eigenvalue weighted by Crippen LogP contribution is -1.51. The first-order chi connectivity index (χ1) is 3.86. The average Bonchev–Trinajstić information content (AvgIpc) is 2.23. The summed E-state index contributed by atoms with van der Waals surface area (Å²) >= 11 is 5.64. The van der Waals surface area contributed by atoms with E-state index in [0.29, 0.717) is 5.02 Å². The van der Waals surface area contributed by atoms with Crippen LogP contribution in [0.15, 0.2) is 22.6 Å². The summed E-state index contributed by atoms with van der Waals surface area (Å²) in [5, 5.41) is 0.711. The molecular weight excluding hydrogens is 124 g/mol. The van der Waals surface area contributed by atoms with E-state index in [9.17, 15) is 0 Å². The first-order valence-electron chi connectivity index (χ1n) is 2.34. The predicted octanol–water partition coefficient (Wildman–Crippen LogP) is 2.52. The molecule has 0 aliphatic rings. The minimum Gasteiger partial charge on any atom is -0.456 e. The van der Waals surface area contributed by atoms with Crippen LogP contribution in [-0.4, -0.2) is 0 Å². The van der Waals surface area contributed by atoms with Crippen LogP contribution in [0.4, 0.5) is 0 Å². The van der Waals surface area contributed by atoms with Crippen LogP contribution in [0.3, 0.4) is 0 Å². The topological polar surface area (TPSA) is 13.1 Å². The standard InChI is InChI=1S/C6H3ClO/c7-5-3-4-1-2-6(5)8-4/h1-3H. The van der Waals surface area contributed by atoms with Crippen molar-refractivity contribution in [3.8, 4) is 0 Å². The number of rotatable bonds is 0. The van der Waals surface area contributed by atoms with E-state index < -0.39 is 0 Å². The van der Waals surface area contributed by atoms with E-state index in [-0.39, 0.29) is 0 Å². The van der Waals surface area contributed by atoms with Gasteiger partial charge in [0.1, 0.15) is 11.2 Å². The van der Waals surface area contributed by atoms with Crippen molar-refractivity contribution in [1.82, 2.24) is 0 Å². The summed E-state index contributed by atoms with van der Waals surface area (Å²) in [6.07, 6.45) is 0. The summed E-state index contributed by atoms with van der Waals surface area (Å²) < 4.78 is 5.08. The number of benzene rings is 1. The Morgan fingerprint density at radius 3 is 2.50 bits per heavy atom. The van der Waals surface area contributed by atoms with E-state index in [1.54, 1.807) is 6.07 Å². The smallest absolute Gasteiger partial charge is 0.146 e. The van der Waals surface area contributed by atoms with Crippen molar-refractivity contribution < 1.29 is 4.42 Å². The monoisotopic (exact) mass is 126 g/mol. The van der Waals surface area contributed by atoms with Crippen LogP contribution in [0.1, 0.15) is 0 Å². The third kappa shape index (κ3) is 0.371. The molecule has 0 radical (unpaired) electrons. The van der Waals surface area contributed by atoms with Crippen molar-refractivity contribution in [1.29, 1.82) is 0 Å². The van der Waals surface area contributed by atoms with Crippen LogP contribution in [0, 0.1) is 0 Å². The molecule has 2 heterocycles. The molecule has 8 heavy (non-hydrogen) atoms. The molecule has 2 heteroatoms. The van der Waals surface area contributed by atoms with Crippen LogP contribution >= 0.6 is 11.6 Å². The van der Waals surface area contributed by atoms with Gasteiger partial charge in [0.25, 0.3) is 0 Å². The van der Waals surface area contributed by atoms with Crippen molar-refractivity contribution >= 4 is 22.8 Å². The molecule has 0 N–H and O–H groups in total. The molecule has 0 aromatic carbocycles. The van der Waals surface area contributed by atoms with Gasteiger partial charge in [-0.3, -0.25) is 0 Å². The lowest BCUT2D eigenvalue weighted by atomic mass is 10.4. The number of hydrogen-bond acceptors (Lipinski definition) is 1. The highest BCUT2D eigenvalue weighted by molar-refractivity contribution is 6.34. The van der Waals surface area contributed by atoms with Crippen molar-refractivity contribution in [2.45, 2.75) is 0 Å². The van der Waals surface area contributed by atoms with E-state index in [0.717, 1.165) is 11.2 Å². The van der Waals surface area contributed by atoms with Crippen molar-refractivity contribution in [2.75, 3.05) is 0 Å². The second kappa shape index (κ2) is 1.17. The van der Waals surface area contributed by atoms with Crippen LogP contribution < -0.4 is 0 Å². The van der Waals surface area contributed by atoms with Gasteiger partial charge in [0, 0.05) is 6.07 Å². The van der Waals surface area contributed by atoms with Crippen LogP contribution in [0.25, 0.3) is 11.2 Å². The summed E-state index contributed by atoms with van der Waals surface area (Å²) in [4.78, 5) is 0. The molecule has 0 unspecified atom stereocenters. The van der Waals surface area contributed by atoms with Crippen molar-refractivity contribution in [3.05, 3.63) is 23.2 Å². The highest BCUT2D eigenvalue weighted by atomic mass is 35.5. The fourth-order valence-corrected chi connectivity index (χ4v) is 0.964. The van der Waals surface area contributed by atoms with Gasteiger partial charge in [-0.05, 0) is 12.1 Å². The molecule has 0 atom stereocenters. The molecule has 0 saturated heterocycles. The third-order valence-electron chi connectivity index (χ3n) is 1.13. The first-order valence-corrected chi connectivity index (χ1v) is 2.71. The quantitative estimate of drug-likeness (QED) is 0.529. The third-order valence-corrected chi connectivity index (χ3v) is 1.43. The van der Waals surface area contributed by atoms with Crippen LogP contribution in [0.2, 0.25) is 5.02 Å². The zero-order valence-corrected chi connectivity index (χ0v) is 4.77. The number of halogens is 1. The van der Waals surface area contributed by atoms with E-state index >= 15 is 0 Å². The molecule has 2 aromatic rings. The molecule has 1 nitrogen and oxygen atoms in total. The first kappa shape index (κ1) is 4.21. The molecule has 0 aliphatic carbocycles. The minimum absolute atomic E-state index is 0.711. The van der Waals surface area contributed by atoms with Gasteiger partial charge in [-0.15, -0.1) is 0 Å². The zero-order chi connectivity index (χ0) is 5.56. The Bertz CT molecular complexity index is 286. The van der Waals surface area contributed by atoms with Crippen molar-refractivity contribution in [3.63, 3.8) is 0 Å². The highest BCUT2D eigenvalue weighted by Crippen LogP contribution is 2.25. The van der Waals surface area contributed by atoms with Gasteiger partial charge in [0.15, 0.2) is 0 Å². The molecule has 0 saturated carbocycles. The molecule has 2 rings (SSSR count). The van der Waals surface area contributed by atoms with Crippen LogP contribution in [-0.2, 0) is 0 Å². The van der Waals surface area contributed by atoms with E-state index in [2.05, 4.69) is 0 Å². The maximum Gasteiger partial charge on any atom is 0.146 e. The summed E-state index contributed by atoms with van der Waals surface area (Å²) in [5.41, 5.74) is 1.63. The summed E-state index contributed by atoms with van der Waals surface area (Å²) in [6.45, 7) is 0. The lowest BCUT2D eigenvalue weighted by Gasteiger charge is -1.73. The largest absolute Gasteiger partial charge is 0.456 e. The Labute approximate surface area is 51.2 Å². The molecule has 0 aliphatic heterocycles. The second-order valence-corrected chi connectivity index (χ2v) is 2.10. The Hall–Kier alpha value is -0.690. The Morgan fingerprint density at radius 2 is 2.25 bits per heavy atom. The highest BCUT2D eigenvalue weighted by Gasteiger charge is 2.01. The summed E-state index contributed by atoms with van der Waals surface area (Å²) in [6, 6.07) is 5.55. The average molecular weight is 127 g/mol. The van der Waals surface area contributed by atoms with Gasteiger partial charge in [-0.1, -0.05) is 11.6 Å². The number of hydrogen-bond donors (Lipinski definition) is 0. The Kier molecular flexibility index (Phi) is 0.619. The fourth-order valence-electron chi connectivity index (χ4n) is 0.755. The molecule has 0 spiro atoms. The lowest BCUT2D eigenvalue weighted by molar-refractivity contribution is 0.675. The normalized spacial score (nSPS) is 11.1. The van der Waals surface area contributed by atoms with Gasteiger partial charge in [-0.2, -0.15) is 0 Å². The maximum absolute atomic E-state index is 5.64. The van der Waals surface area contributed by atoms with Gasteiger partial charge in [0.05, 0.1) is 5.02 Å². The molecule has 0 fully saturated rings. The number of furan rings is 2. The zero-order valence-electron chi connectivity index (χ0n) is 4.02. The van der Waals surface area contributed by atoms with Crippen molar-refractivity contribution in [2.24, 2.45) is 0 Å². The van der Waals surface area contributed by atoms with Gasteiger partial charge >= 0.3 is 0 Å². The summed E-state index contributed by atoms with van der Waals surface area (Å²) in [5.74, 6) is 0.